The number of methoxy groups -OCH3 is 1. The number of nitrogens with zero attached hydrogens (tertiary/aromatic N) is 1. The van der Waals surface area contributed by atoms with Gasteiger partial charge in [-0.15, -0.1) is 0 Å². The van der Waals surface area contributed by atoms with Gasteiger partial charge in [0, 0.05) is 11.5 Å². The van der Waals surface area contributed by atoms with Crippen LogP contribution in [-0.2, 0) is 0 Å². The number of hydrogen-bond acceptors (Lipinski definition) is 3. The van der Waals surface area contributed by atoms with Crippen LogP contribution < -0.4 is 4.74 Å². The molecule has 1 aromatic carbocycles. The summed E-state index contributed by atoms with van der Waals surface area (Å²) in [7, 11) is 1.67. The van der Waals surface area contributed by atoms with Crippen molar-refractivity contribution in [3.05, 3.63) is 35.9 Å². The SMILES string of the molecule is COc1ccc(-c2nc(C3CC3)oc2C)cc1. The average Bonchev–Trinajstić information content (AvgIpc) is 3.13. The van der Waals surface area contributed by atoms with E-state index in [0.717, 1.165) is 28.7 Å². The second-order valence-electron chi connectivity index (χ2n) is 4.46. The fourth-order valence-corrected chi connectivity index (χ4v) is 1.94. The van der Waals surface area contributed by atoms with Crippen molar-refractivity contribution >= 4 is 0 Å². The molecule has 0 spiro atoms. The van der Waals surface area contributed by atoms with Crippen molar-refractivity contribution in [2.24, 2.45) is 0 Å². The van der Waals surface area contributed by atoms with Crippen molar-refractivity contribution in [3.8, 4) is 17.0 Å². The van der Waals surface area contributed by atoms with Gasteiger partial charge in [0.1, 0.15) is 17.2 Å². The molecule has 0 radical (unpaired) electrons. The Morgan fingerprint density at radius 2 is 1.94 bits per heavy atom. The second kappa shape index (κ2) is 3.91. The molecule has 0 unspecified atom stereocenters. The van der Waals surface area contributed by atoms with Crippen molar-refractivity contribution < 1.29 is 9.15 Å². The third-order valence-corrected chi connectivity index (χ3v) is 3.10. The Balaban J connectivity index is 1.95. The third kappa shape index (κ3) is 1.93. The van der Waals surface area contributed by atoms with Gasteiger partial charge >= 0.3 is 0 Å². The minimum absolute atomic E-state index is 0.556. The van der Waals surface area contributed by atoms with Gasteiger partial charge in [0.15, 0.2) is 5.89 Å². The molecule has 3 rings (SSSR count). The van der Waals surface area contributed by atoms with Gasteiger partial charge in [-0.25, -0.2) is 4.98 Å². The summed E-state index contributed by atoms with van der Waals surface area (Å²) in [5.74, 6) is 3.21. The van der Waals surface area contributed by atoms with Gasteiger partial charge in [0.25, 0.3) is 0 Å². The maximum absolute atomic E-state index is 5.71. The molecule has 3 heteroatoms. The number of rotatable bonds is 3. The monoisotopic (exact) mass is 229 g/mol. The van der Waals surface area contributed by atoms with Gasteiger partial charge in [-0.1, -0.05) is 0 Å². The number of aromatic nitrogens is 1. The van der Waals surface area contributed by atoms with Crippen LogP contribution in [0.2, 0.25) is 0 Å². The molecule has 1 aliphatic rings. The maximum atomic E-state index is 5.71. The van der Waals surface area contributed by atoms with Crippen LogP contribution in [0.3, 0.4) is 0 Å². The van der Waals surface area contributed by atoms with E-state index in [9.17, 15) is 0 Å². The topological polar surface area (TPSA) is 35.3 Å². The molecule has 0 N–H and O–H groups in total. The predicted octanol–water partition coefficient (Wildman–Crippen LogP) is 3.54. The Morgan fingerprint density at radius 1 is 1.24 bits per heavy atom. The van der Waals surface area contributed by atoms with Gasteiger partial charge in [0.05, 0.1) is 7.11 Å². The summed E-state index contributed by atoms with van der Waals surface area (Å²) in [6.45, 7) is 1.97. The molecule has 0 aliphatic heterocycles. The molecule has 1 aliphatic carbocycles. The van der Waals surface area contributed by atoms with Crippen molar-refractivity contribution in [1.82, 2.24) is 4.98 Å². The van der Waals surface area contributed by atoms with Crippen LogP contribution in [0, 0.1) is 6.92 Å². The molecule has 1 aromatic heterocycles. The fourth-order valence-electron chi connectivity index (χ4n) is 1.94. The molecule has 88 valence electrons. The number of hydrogen-bond donors (Lipinski definition) is 0. The first kappa shape index (κ1) is 10.4. The fraction of sp³-hybridized carbons (Fsp3) is 0.357. The Hall–Kier alpha value is -1.77. The quantitative estimate of drug-likeness (QED) is 0.807. The summed E-state index contributed by atoms with van der Waals surface area (Å²) in [6, 6.07) is 7.92. The van der Waals surface area contributed by atoms with Crippen molar-refractivity contribution in [2.45, 2.75) is 25.7 Å². The summed E-state index contributed by atoms with van der Waals surface area (Å²) in [4.78, 5) is 4.59. The van der Waals surface area contributed by atoms with Crippen LogP contribution in [0.25, 0.3) is 11.3 Å². The molecular weight excluding hydrogens is 214 g/mol. The number of benzene rings is 1. The highest BCUT2D eigenvalue weighted by atomic mass is 16.5. The molecule has 1 fully saturated rings. The maximum Gasteiger partial charge on any atom is 0.198 e. The van der Waals surface area contributed by atoms with E-state index in [2.05, 4.69) is 4.98 Å². The molecule has 2 aromatic rings. The number of oxazole rings is 1. The van der Waals surface area contributed by atoms with Crippen LogP contribution in [0.1, 0.15) is 30.4 Å². The van der Waals surface area contributed by atoms with Gasteiger partial charge in [-0.3, -0.25) is 0 Å². The predicted molar refractivity (Wildman–Crippen MR) is 65.2 cm³/mol. The van der Waals surface area contributed by atoms with E-state index in [1.807, 2.05) is 31.2 Å². The van der Waals surface area contributed by atoms with Gasteiger partial charge in [0.2, 0.25) is 0 Å². The second-order valence-corrected chi connectivity index (χ2v) is 4.46. The molecule has 0 amide bonds. The summed E-state index contributed by atoms with van der Waals surface area (Å²) < 4.78 is 10.9. The first-order valence-electron chi connectivity index (χ1n) is 5.89. The standard InChI is InChI=1S/C14H15NO2/c1-9-13(15-14(17-9)11-3-4-11)10-5-7-12(16-2)8-6-10/h5-8,11H,3-4H2,1-2H3. The smallest absolute Gasteiger partial charge is 0.198 e. The Bertz CT molecular complexity index is 524. The largest absolute Gasteiger partial charge is 0.497 e. The van der Waals surface area contributed by atoms with Crippen LogP contribution in [0.5, 0.6) is 5.75 Å². The molecule has 3 nitrogen and oxygen atoms in total. The van der Waals surface area contributed by atoms with Gasteiger partial charge < -0.3 is 9.15 Å². The molecular formula is C14H15NO2. The minimum Gasteiger partial charge on any atom is -0.497 e. The molecule has 0 saturated heterocycles. The lowest BCUT2D eigenvalue weighted by Gasteiger charge is -2.00. The van der Waals surface area contributed by atoms with Crippen LogP contribution in [-0.4, -0.2) is 12.1 Å². The van der Waals surface area contributed by atoms with Crippen molar-refractivity contribution in [3.63, 3.8) is 0 Å². The van der Waals surface area contributed by atoms with E-state index < -0.39 is 0 Å². The highest BCUT2D eigenvalue weighted by Crippen LogP contribution is 2.41. The van der Waals surface area contributed by atoms with Gasteiger partial charge in [-0.05, 0) is 44.0 Å². The average molecular weight is 229 g/mol. The first-order chi connectivity index (χ1) is 8.28. The molecule has 1 heterocycles. The molecule has 17 heavy (non-hydrogen) atoms. The van der Waals surface area contributed by atoms with Crippen LogP contribution >= 0.6 is 0 Å². The van der Waals surface area contributed by atoms with E-state index in [4.69, 9.17) is 9.15 Å². The molecule has 0 atom stereocenters. The first-order valence-corrected chi connectivity index (χ1v) is 5.89. The lowest BCUT2D eigenvalue weighted by molar-refractivity contribution is 0.415. The lowest BCUT2D eigenvalue weighted by atomic mass is 10.1. The normalized spacial score (nSPS) is 14.9. The zero-order chi connectivity index (χ0) is 11.8. The zero-order valence-electron chi connectivity index (χ0n) is 10.1. The molecule has 0 bridgehead atoms. The van der Waals surface area contributed by atoms with E-state index in [0.29, 0.717) is 5.92 Å². The summed E-state index contributed by atoms with van der Waals surface area (Å²) in [6.07, 6.45) is 2.42. The van der Waals surface area contributed by atoms with Crippen LogP contribution in [0.4, 0.5) is 0 Å². The Morgan fingerprint density at radius 3 is 2.53 bits per heavy atom. The summed E-state index contributed by atoms with van der Waals surface area (Å²) in [5.41, 5.74) is 2.04. The Kier molecular flexibility index (Phi) is 2.39. The highest BCUT2D eigenvalue weighted by molar-refractivity contribution is 5.62. The zero-order valence-corrected chi connectivity index (χ0v) is 10.1. The van der Waals surface area contributed by atoms with Crippen molar-refractivity contribution in [1.29, 1.82) is 0 Å². The van der Waals surface area contributed by atoms with E-state index in [1.54, 1.807) is 7.11 Å². The van der Waals surface area contributed by atoms with Crippen molar-refractivity contribution in [2.75, 3.05) is 7.11 Å². The summed E-state index contributed by atoms with van der Waals surface area (Å²) >= 11 is 0. The molecule has 1 saturated carbocycles. The lowest BCUT2D eigenvalue weighted by Crippen LogP contribution is -1.84. The van der Waals surface area contributed by atoms with E-state index in [-0.39, 0.29) is 0 Å². The highest BCUT2D eigenvalue weighted by Gasteiger charge is 2.29. The minimum atomic E-state index is 0.556. The summed E-state index contributed by atoms with van der Waals surface area (Å²) in [5, 5.41) is 0. The van der Waals surface area contributed by atoms with Crippen LogP contribution in [0.15, 0.2) is 28.7 Å². The number of aryl methyl sites for hydroxylation is 1. The number of ether oxygens (including phenoxy) is 1. The third-order valence-electron chi connectivity index (χ3n) is 3.10. The van der Waals surface area contributed by atoms with E-state index >= 15 is 0 Å². The van der Waals surface area contributed by atoms with Gasteiger partial charge in [-0.2, -0.15) is 0 Å². The van der Waals surface area contributed by atoms with E-state index in [1.165, 1.54) is 12.8 Å². The Labute approximate surface area is 100 Å².